The van der Waals surface area contributed by atoms with E-state index in [9.17, 15) is 27.9 Å². The molecule has 1 aromatic carbocycles. The van der Waals surface area contributed by atoms with Crippen molar-refractivity contribution >= 4 is 27.9 Å². The Balaban J connectivity index is 1.54. The quantitative estimate of drug-likeness (QED) is 0.239. The van der Waals surface area contributed by atoms with Gasteiger partial charge >= 0.3 is 18.0 Å². The summed E-state index contributed by atoms with van der Waals surface area (Å²) in [6.07, 6.45) is -0.0690. The molecule has 0 radical (unpaired) electrons. The molecular weight excluding hydrogens is 580 g/mol. The van der Waals surface area contributed by atoms with Gasteiger partial charge in [0.2, 0.25) is 4.87 Å². The fourth-order valence-electron chi connectivity index (χ4n) is 4.97. The van der Waals surface area contributed by atoms with Crippen LogP contribution in [0.2, 0.25) is 0 Å². The van der Waals surface area contributed by atoms with E-state index in [4.69, 9.17) is 19.9 Å². The van der Waals surface area contributed by atoms with Gasteiger partial charge in [-0.2, -0.15) is 0 Å². The molecule has 2 fully saturated rings. The number of unbranched alkanes of at least 4 members (excludes halogenated alkanes) is 1. The Morgan fingerprint density at radius 2 is 1.84 bits per heavy atom. The molecule has 4 N–H and O–H groups in total. The van der Waals surface area contributed by atoms with Crippen molar-refractivity contribution < 1.29 is 42.1 Å². The van der Waals surface area contributed by atoms with E-state index < -0.39 is 44.5 Å². The summed E-state index contributed by atoms with van der Waals surface area (Å²) in [6, 6.07) is 5.83. The lowest BCUT2D eigenvalue weighted by Crippen LogP contribution is -2.57. The fourth-order valence-corrected chi connectivity index (χ4v) is 6.65. The highest BCUT2D eigenvalue weighted by molar-refractivity contribution is 7.93. The lowest BCUT2D eigenvalue weighted by atomic mass is 10.1. The Morgan fingerprint density at radius 1 is 1.19 bits per heavy atom. The lowest BCUT2D eigenvalue weighted by Gasteiger charge is -2.35. The molecule has 0 aliphatic carbocycles. The van der Waals surface area contributed by atoms with Crippen LogP contribution >= 0.6 is 0 Å². The Hall–Kier alpha value is -2.94. The molecule has 0 bridgehead atoms. The average Bonchev–Trinajstić information content (AvgIpc) is 3.30. The predicted molar refractivity (Wildman–Crippen MR) is 159 cm³/mol. The number of hydrogen-bond donors (Lipinski definition) is 3. The van der Waals surface area contributed by atoms with Crippen LogP contribution in [0.5, 0.6) is 5.75 Å². The highest BCUT2D eigenvalue weighted by Crippen LogP contribution is 2.23. The number of hydrogen-bond acceptors (Lipinski definition) is 11. The average molecular weight is 627 g/mol. The molecule has 14 heteroatoms. The van der Waals surface area contributed by atoms with Crippen molar-refractivity contribution in [1.29, 1.82) is 0 Å². The number of esters is 1. The van der Waals surface area contributed by atoms with Gasteiger partial charge in [-0.3, -0.25) is 9.69 Å². The third-order valence-corrected chi connectivity index (χ3v) is 9.66. The van der Waals surface area contributed by atoms with E-state index >= 15 is 0 Å². The molecule has 0 aromatic heterocycles. The molecule has 242 valence electrons. The summed E-state index contributed by atoms with van der Waals surface area (Å²) in [7, 11) is -4.09. The highest BCUT2D eigenvalue weighted by atomic mass is 32.2. The van der Waals surface area contributed by atoms with Crippen LogP contribution in [0.4, 0.5) is 4.79 Å². The van der Waals surface area contributed by atoms with Crippen molar-refractivity contribution in [3.05, 3.63) is 29.8 Å². The smallest absolute Gasteiger partial charge is 0.410 e. The van der Waals surface area contributed by atoms with Crippen LogP contribution in [0.15, 0.2) is 24.3 Å². The van der Waals surface area contributed by atoms with Crippen molar-refractivity contribution in [2.24, 2.45) is 5.73 Å². The molecular formula is C29H46N4O9S. The van der Waals surface area contributed by atoms with Crippen molar-refractivity contribution in [1.82, 2.24) is 15.1 Å². The summed E-state index contributed by atoms with van der Waals surface area (Å²) >= 11 is 0. The number of piperazine rings is 1. The van der Waals surface area contributed by atoms with Crippen LogP contribution in [-0.2, 0) is 35.3 Å². The van der Waals surface area contributed by atoms with Gasteiger partial charge in [-0.25, -0.2) is 18.0 Å². The van der Waals surface area contributed by atoms with Crippen molar-refractivity contribution in [3.63, 3.8) is 0 Å². The first-order valence-corrected chi connectivity index (χ1v) is 16.4. The maximum Gasteiger partial charge on any atom is 0.410 e. The number of aliphatic carboxylic acids is 1. The second kappa shape index (κ2) is 14.7. The van der Waals surface area contributed by atoms with Gasteiger partial charge in [-0.15, -0.1) is 0 Å². The molecule has 43 heavy (non-hydrogen) atoms. The molecule has 3 atom stereocenters. The maximum absolute atomic E-state index is 13.0. The highest BCUT2D eigenvalue weighted by Gasteiger charge is 2.47. The second-order valence-corrected chi connectivity index (χ2v) is 14.4. The van der Waals surface area contributed by atoms with Gasteiger partial charge < -0.3 is 35.3 Å². The third-order valence-electron chi connectivity index (χ3n) is 7.40. The summed E-state index contributed by atoms with van der Waals surface area (Å²) < 4.78 is 42.3. The number of cyclic esters (lactones) is 1. The van der Waals surface area contributed by atoms with E-state index in [2.05, 4.69) is 10.2 Å². The van der Waals surface area contributed by atoms with Crippen LogP contribution in [0, 0.1) is 0 Å². The summed E-state index contributed by atoms with van der Waals surface area (Å²) in [5, 5.41) is 12.9. The molecule has 0 spiro atoms. The Bertz CT molecular complexity index is 1210. The van der Waals surface area contributed by atoms with Crippen LogP contribution in [0.3, 0.4) is 0 Å². The van der Waals surface area contributed by atoms with E-state index in [1.54, 1.807) is 29.2 Å². The second-order valence-electron chi connectivity index (χ2n) is 12.1. The van der Waals surface area contributed by atoms with Crippen molar-refractivity contribution in [2.45, 2.75) is 76.0 Å². The minimum absolute atomic E-state index is 0.0796. The monoisotopic (exact) mass is 626 g/mol. The topological polar surface area (TPSA) is 178 Å². The van der Waals surface area contributed by atoms with Gasteiger partial charge in [0.1, 0.15) is 24.0 Å². The number of rotatable bonds is 15. The van der Waals surface area contributed by atoms with Gasteiger partial charge in [0.15, 0.2) is 15.9 Å². The number of benzene rings is 1. The van der Waals surface area contributed by atoms with E-state index in [1.165, 1.54) is 0 Å². The largest absolute Gasteiger partial charge is 0.490 e. The first-order chi connectivity index (χ1) is 20.1. The molecule has 1 aromatic rings. The van der Waals surface area contributed by atoms with Crippen LogP contribution in [-0.4, -0.2) is 116 Å². The van der Waals surface area contributed by atoms with E-state index in [1.807, 2.05) is 27.7 Å². The van der Waals surface area contributed by atoms with E-state index in [0.29, 0.717) is 56.8 Å². The Kier molecular flexibility index (Phi) is 11.8. The minimum Gasteiger partial charge on any atom is -0.490 e. The van der Waals surface area contributed by atoms with Gasteiger partial charge in [0.05, 0.1) is 12.3 Å². The van der Waals surface area contributed by atoms with Crippen molar-refractivity contribution in [3.8, 4) is 5.75 Å². The molecule has 2 saturated heterocycles. The summed E-state index contributed by atoms with van der Waals surface area (Å²) in [5.74, 6) is -1.77. The van der Waals surface area contributed by atoms with E-state index in [-0.39, 0.29) is 24.7 Å². The molecule has 0 saturated carbocycles. The number of carbonyl (C=O) groups is 3. The molecule has 2 aliphatic rings. The zero-order valence-corrected chi connectivity index (χ0v) is 26.4. The van der Waals surface area contributed by atoms with Crippen LogP contribution in [0.25, 0.3) is 0 Å². The van der Waals surface area contributed by atoms with Gasteiger partial charge in [0, 0.05) is 39.1 Å². The summed E-state index contributed by atoms with van der Waals surface area (Å²) in [5.41, 5.74) is 5.73. The number of amides is 1. The Morgan fingerprint density at radius 3 is 2.42 bits per heavy atom. The number of nitrogens with one attached hydrogen (secondary N) is 1. The standard InChI is InChI=1S/C29H46N4O9S/c1-5-6-17-43(38,39)29(30,26(35)36)18-21-7-9-22(10-8-21)40-20-23-19-33(27(37)41-23)14-11-24(25(34)42-28(2,3)4)32-15-12-31-13-16-32/h7-10,23-24,31H,5-6,11-20,30H2,1-4H3,(H,35,36). The number of ether oxygens (including phenoxy) is 3. The van der Waals surface area contributed by atoms with Crippen LogP contribution < -0.4 is 15.8 Å². The zero-order valence-electron chi connectivity index (χ0n) is 25.5. The summed E-state index contributed by atoms with van der Waals surface area (Å²) in [4.78, 5) is 38.6. The third kappa shape index (κ3) is 9.52. The molecule has 2 aliphatic heterocycles. The van der Waals surface area contributed by atoms with Crippen LogP contribution in [0.1, 0.15) is 52.5 Å². The minimum atomic E-state index is -4.09. The number of nitrogens with zero attached hydrogens (tertiary/aromatic N) is 2. The first kappa shape index (κ1) is 34.5. The predicted octanol–water partition coefficient (Wildman–Crippen LogP) is 1.39. The normalized spacial score (nSPS) is 20.3. The van der Waals surface area contributed by atoms with Gasteiger partial charge in [0.25, 0.3) is 0 Å². The lowest BCUT2D eigenvalue weighted by molar-refractivity contribution is -0.162. The number of carbonyl (C=O) groups excluding carboxylic acids is 2. The Labute approximate surface area is 253 Å². The van der Waals surface area contributed by atoms with Crippen molar-refractivity contribution in [2.75, 3.05) is 51.6 Å². The van der Waals surface area contributed by atoms with Gasteiger partial charge in [-0.05, 0) is 51.3 Å². The fraction of sp³-hybridized carbons (Fsp3) is 0.690. The molecule has 13 nitrogen and oxygen atoms in total. The van der Waals surface area contributed by atoms with E-state index in [0.717, 1.165) is 13.1 Å². The number of sulfone groups is 1. The number of carboxylic acid groups (broad SMARTS) is 1. The molecule has 3 unspecified atom stereocenters. The molecule has 2 heterocycles. The summed E-state index contributed by atoms with van der Waals surface area (Å²) in [6.45, 7) is 11.0. The molecule has 3 rings (SSSR count). The number of nitrogens with two attached hydrogens (primary N) is 1. The molecule has 1 amide bonds. The maximum atomic E-state index is 13.0. The zero-order chi connectivity index (χ0) is 31.8. The van der Waals surface area contributed by atoms with Gasteiger partial charge in [-0.1, -0.05) is 25.5 Å². The SMILES string of the molecule is CCCCS(=O)(=O)C(N)(Cc1ccc(OCC2CN(CCC(C(=O)OC(C)(C)C)N3CCNCC3)C(=O)O2)cc1)C(=O)O. The first-order valence-electron chi connectivity index (χ1n) is 14.7. The number of carboxylic acids is 1.